The summed E-state index contributed by atoms with van der Waals surface area (Å²) in [7, 11) is 1.52. The summed E-state index contributed by atoms with van der Waals surface area (Å²) in [5, 5.41) is 18.5. The highest BCUT2D eigenvalue weighted by Gasteiger charge is 2.29. The van der Waals surface area contributed by atoms with Crippen LogP contribution in [0.25, 0.3) is 28.0 Å². The van der Waals surface area contributed by atoms with Crippen molar-refractivity contribution in [2.24, 2.45) is 0 Å². The molecule has 0 aliphatic rings. The molecule has 0 fully saturated rings. The summed E-state index contributed by atoms with van der Waals surface area (Å²) in [6.07, 6.45) is -0.181. The van der Waals surface area contributed by atoms with Crippen molar-refractivity contribution in [2.45, 2.75) is 19.6 Å². The topological polar surface area (TPSA) is 90.9 Å². The van der Waals surface area contributed by atoms with Gasteiger partial charge >= 0.3 is 6.18 Å². The molecule has 0 radical (unpaired) electrons. The Balaban J connectivity index is 1.76. The zero-order valence-corrected chi connectivity index (χ0v) is 15.3. The van der Waals surface area contributed by atoms with Crippen molar-refractivity contribution in [3.63, 3.8) is 0 Å². The Hall–Kier alpha value is -3.63. The molecule has 0 atom stereocenters. The molecule has 29 heavy (non-hydrogen) atoms. The third-order valence-corrected chi connectivity index (χ3v) is 4.28. The summed E-state index contributed by atoms with van der Waals surface area (Å²) >= 11 is 0. The number of hydrogen-bond acceptors (Lipinski definition) is 6. The van der Waals surface area contributed by atoms with Crippen LogP contribution in [0.3, 0.4) is 0 Å². The van der Waals surface area contributed by atoms with Crippen molar-refractivity contribution < 1.29 is 23.0 Å². The van der Waals surface area contributed by atoms with E-state index in [2.05, 4.69) is 20.2 Å². The predicted octanol–water partition coefficient (Wildman–Crippen LogP) is 3.26. The van der Waals surface area contributed by atoms with Gasteiger partial charge in [0.05, 0.1) is 29.9 Å². The molecule has 0 aliphatic carbocycles. The number of fused-ring (bicyclic) bond motifs is 1. The van der Waals surface area contributed by atoms with Crippen molar-refractivity contribution in [3.8, 4) is 28.8 Å². The molecule has 0 aromatic carbocycles. The third-order valence-electron chi connectivity index (χ3n) is 4.28. The minimum Gasteiger partial charge on any atom is -0.494 e. The lowest BCUT2D eigenvalue weighted by molar-refractivity contribution is -0.144. The second kappa shape index (κ2) is 6.76. The van der Waals surface area contributed by atoms with E-state index in [1.165, 1.54) is 17.9 Å². The molecule has 0 unspecified atom stereocenters. The highest BCUT2D eigenvalue weighted by molar-refractivity contribution is 5.90. The molecule has 1 N–H and O–H groups in total. The summed E-state index contributed by atoms with van der Waals surface area (Å²) in [6.45, 7) is 0.482. The average molecular weight is 404 g/mol. The summed E-state index contributed by atoms with van der Waals surface area (Å²) in [4.78, 5) is 9.22. The first-order chi connectivity index (χ1) is 13.7. The van der Waals surface area contributed by atoms with Crippen molar-refractivity contribution >= 4 is 10.9 Å². The molecule has 8 nitrogen and oxygen atoms in total. The number of nitrogens with zero attached hydrogens (tertiary/aromatic N) is 6. The van der Waals surface area contributed by atoms with Crippen LogP contribution >= 0.6 is 0 Å². The van der Waals surface area contributed by atoms with Gasteiger partial charge in [0.15, 0.2) is 12.4 Å². The normalized spacial score (nSPS) is 11.9. The van der Waals surface area contributed by atoms with Crippen LogP contribution in [0.2, 0.25) is 0 Å². The van der Waals surface area contributed by atoms with Crippen LogP contribution in [0, 0.1) is 6.92 Å². The van der Waals surface area contributed by atoms with E-state index in [-0.39, 0.29) is 11.7 Å². The Labute approximate surface area is 162 Å². The highest BCUT2D eigenvalue weighted by atomic mass is 19.4. The Kier molecular flexibility index (Phi) is 4.36. The first-order valence-electron chi connectivity index (χ1n) is 8.44. The number of ether oxygens (including phenoxy) is 1. The molecule has 0 saturated heterocycles. The molecular formula is C18H15F3N6O2. The summed E-state index contributed by atoms with van der Waals surface area (Å²) in [6, 6.07) is 5.30. The molecule has 0 amide bonds. The molecule has 4 rings (SSSR count). The quantitative estimate of drug-likeness (QED) is 0.562. The van der Waals surface area contributed by atoms with E-state index in [4.69, 9.17) is 4.74 Å². The average Bonchev–Trinajstić information content (AvgIpc) is 3.24. The Morgan fingerprint density at radius 1 is 1.21 bits per heavy atom. The zero-order chi connectivity index (χ0) is 20.8. The predicted molar refractivity (Wildman–Crippen MR) is 96.9 cm³/mol. The van der Waals surface area contributed by atoms with Gasteiger partial charge in [-0.05, 0) is 24.6 Å². The molecule has 150 valence electrons. The van der Waals surface area contributed by atoms with Gasteiger partial charge in [-0.2, -0.15) is 23.1 Å². The van der Waals surface area contributed by atoms with Gasteiger partial charge in [0.1, 0.15) is 0 Å². The first-order valence-corrected chi connectivity index (χ1v) is 8.44. The van der Waals surface area contributed by atoms with E-state index in [9.17, 15) is 18.3 Å². The van der Waals surface area contributed by atoms with E-state index < -0.39 is 12.7 Å². The van der Waals surface area contributed by atoms with Gasteiger partial charge < -0.3 is 9.84 Å². The number of aromatic nitrogens is 6. The minimum absolute atomic E-state index is 0.0526. The highest BCUT2D eigenvalue weighted by Crippen LogP contribution is 2.33. The Morgan fingerprint density at radius 3 is 2.66 bits per heavy atom. The standard InChI is InChI=1S/C18H15F3N6O2/c1-10-5-12(11-3-4-15(29-2)22-6-11)24-13-8-26(17(28)16(10)13)14-7-23-27(25-14)9-18(19,20)21/h3-8,28H,9H2,1-2H3. The smallest absolute Gasteiger partial charge is 0.409 e. The van der Waals surface area contributed by atoms with Gasteiger partial charge in [0, 0.05) is 24.0 Å². The first kappa shape index (κ1) is 18.7. The fraction of sp³-hybridized carbons (Fsp3) is 0.222. The van der Waals surface area contributed by atoms with E-state index >= 15 is 0 Å². The lowest BCUT2D eigenvalue weighted by Crippen LogP contribution is -2.19. The van der Waals surface area contributed by atoms with Crippen LogP contribution in [0.4, 0.5) is 13.2 Å². The zero-order valence-electron chi connectivity index (χ0n) is 15.3. The van der Waals surface area contributed by atoms with Crippen LogP contribution in [-0.4, -0.2) is 47.9 Å². The maximum absolute atomic E-state index is 12.5. The van der Waals surface area contributed by atoms with Crippen molar-refractivity contribution in [1.82, 2.24) is 29.5 Å². The number of alkyl halides is 3. The molecule has 4 heterocycles. The maximum atomic E-state index is 12.5. The second-order valence-corrected chi connectivity index (χ2v) is 6.34. The SMILES string of the molecule is COc1ccc(-c2cc(C)c3c(O)n(-c4cnn(CC(F)(F)F)n4)cc3n2)cn1. The molecule has 4 aromatic heterocycles. The van der Waals surface area contributed by atoms with Crippen LogP contribution in [0.5, 0.6) is 11.8 Å². The fourth-order valence-electron chi connectivity index (χ4n) is 3.00. The van der Waals surface area contributed by atoms with Gasteiger partial charge in [0.2, 0.25) is 11.8 Å². The van der Waals surface area contributed by atoms with Crippen LogP contribution < -0.4 is 4.74 Å². The monoisotopic (exact) mass is 404 g/mol. The van der Waals surface area contributed by atoms with Crippen LogP contribution in [-0.2, 0) is 6.54 Å². The third kappa shape index (κ3) is 3.58. The molecule has 0 saturated carbocycles. The molecule has 0 spiro atoms. The van der Waals surface area contributed by atoms with Gasteiger partial charge in [-0.25, -0.2) is 9.97 Å². The Bertz CT molecular complexity index is 1180. The van der Waals surface area contributed by atoms with Gasteiger partial charge in [-0.3, -0.25) is 4.57 Å². The number of methoxy groups -OCH3 is 1. The van der Waals surface area contributed by atoms with E-state index in [1.807, 2.05) is 0 Å². The molecule has 4 aromatic rings. The van der Waals surface area contributed by atoms with E-state index in [0.717, 1.165) is 17.3 Å². The summed E-state index contributed by atoms with van der Waals surface area (Å²) in [5.41, 5.74) is 2.57. The van der Waals surface area contributed by atoms with E-state index in [0.29, 0.717) is 27.3 Å². The van der Waals surface area contributed by atoms with Gasteiger partial charge in [0.25, 0.3) is 0 Å². The van der Waals surface area contributed by atoms with E-state index in [1.54, 1.807) is 31.3 Å². The van der Waals surface area contributed by atoms with Gasteiger partial charge in [-0.1, -0.05) is 0 Å². The lowest BCUT2D eigenvalue weighted by Gasteiger charge is -2.05. The largest absolute Gasteiger partial charge is 0.494 e. The minimum atomic E-state index is -4.45. The van der Waals surface area contributed by atoms with Gasteiger partial charge in [-0.15, -0.1) is 5.10 Å². The Morgan fingerprint density at radius 2 is 2.00 bits per heavy atom. The number of aryl methyl sites for hydroxylation is 1. The number of pyridine rings is 2. The van der Waals surface area contributed by atoms with Crippen LogP contribution in [0.15, 0.2) is 36.8 Å². The lowest BCUT2D eigenvalue weighted by atomic mass is 10.1. The van der Waals surface area contributed by atoms with Crippen LogP contribution in [0.1, 0.15) is 5.56 Å². The van der Waals surface area contributed by atoms with Crippen molar-refractivity contribution in [1.29, 1.82) is 0 Å². The molecule has 11 heteroatoms. The number of hydrogen-bond donors (Lipinski definition) is 1. The number of rotatable bonds is 4. The molecule has 0 bridgehead atoms. The second-order valence-electron chi connectivity index (χ2n) is 6.34. The molecular weight excluding hydrogens is 389 g/mol. The van der Waals surface area contributed by atoms with Crippen molar-refractivity contribution in [3.05, 3.63) is 42.4 Å². The fourth-order valence-corrected chi connectivity index (χ4v) is 3.00. The molecule has 0 aliphatic heterocycles. The summed E-state index contributed by atoms with van der Waals surface area (Å²) < 4.78 is 43.9. The van der Waals surface area contributed by atoms with Crippen molar-refractivity contribution in [2.75, 3.05) is 7.11 Å². The maximum Gasteiger partial charge on any atom is 0.409 e. The number of halogens is 3. The number of aromatic hydroxyl groups is 1. The summed E-state index contributed by atoms with van der Waals surface area (Å²) in [5.74, 6) is 0.345.